The number of benzene rings is 2. The molecule has 2 aromatic carbocycles. The zero-order chi connectivity index (χ0) is 24.1. The van der Waals surface area contributed by atoms with Gasteiger partial charge in [-0.1, -0.05) is 42.4 Å². The molecule has 0 spiro atoms. The molecule has 0 bridgehead atoms. The highest BCUT2D eigenvalue weighted by atomic mass is 16.5. The number of ether oxygens (including phenoxy) is 1. The minimum atomic E-state index is -0.879. The van der Waals surface area contributed by atoms with Crippen molar-refractivity contribution in [3.05, 3.63) is 71.4 Å². The molecule has 1 saturated heterocycles. The van der Waals surface area contributed by atoms with Gasteiger partial charge in [-0.15, -0.1) is 0 Å². The molecule has 4 rings (SSSR count). The Morgan fingerprint density at radius 2 is 1.97 bits per heavy atom. The van der Waals surface area contributed by atoms with Crippen LogP contribution >= 0.6 is 0 Å². The summed E-state index contributed by atoms with van der Waals surface area (Å²) >= 11 is 0. The van der Waals surface area contributed by atoms with Crippen LogP contribution in [0.4, 0.5) is 0 Å². The smallest absolute Gasteiger partial charge is 0.307 e. The Labute approximate surface area is 198 Å². The molecular formula is C26H29N3O5. The van der Waals surface area contributed by atoms with E-state index >= 15 is 0 Å². The first-order chi connectivity index (χ1) is 16.4. The van der Waals surface area contributed by atoms with Gasteiger partial charge < -0.3 is 19.3 Å². The van der Waals surface area contributed by atoms with Gasteiger partial charge >= 0.3 is 5.97 Å². The summed E-state index contributed by atoms with van der Waals surface area (Å²) in [6.45, 7) is 4.44. The van der Waals surface area contributed by atoms with Crippen molar-refractivity contribution in [3.8, 4) is 11.5 Å². The second kappa shape index (κ2) is 10.5. The van der Waals surface area contributed by atoms with Crippen LogP contribution in [0.1, 0.15) is 55.1 Å². The van der Waals surface area contributed by atoms with Crippen molar-refractivity contribution in [1.82, 2.24) is 15.0 Å². The Morgan fingerprint density at radius 3 is 2.68 bits per heavy atom. The highest BCUT2D eigenvalue weighted by Crippen LogP contribution is 2.31. The number of para-hydroxylation sites is 1. The van der Waals surface area contributed by atoms with Gasteiger partial charge in [-0.3, -0.25) is 9.59 Å². The molecular weight excluding hydrogens is 434 g/mol. The molecule has 2 unspecified atom stereocenters. The standard InChI is InChI=1S/C26H29N3O5/c1-3-19(26(31)32)16-23-27-25(28-34-23)21-8-6-14-29(21)24(30)15-18-10-12-20(13-11-18)33-22-9-5-4-7-17(22)2/h4-5,7,9-13,19,21H,3,6,8,14-16H2,1-2H3,(H,31,32). The fourth-order valence-corrected chi connectivity index (χ4v) is 4.19. The summed E-state index contributed by atoms with van der Waals surface area (Å²) in [4.78, 5) is 30.6. The molecule has 1 fully saturated rings. The van der Waals surface area contributed by atoms with Crippen LogP contribution in [0.5, 0.6) is 11.5 Å². The van der Waals surface area contributed by atoms with E-state index in [-0.39, 0.29) is 24.8 Å². The van der Waals surface area contributed by atoms with Crippen LogP contribution in [0, 0.1) is 12.8 Å². The zero-order valence-corrected chi connectivity index (χ0v) is 19.4. The molecule has 3 aromatic rings. The summed E-state index contributed by atoms with van der Waals surface area (Å²) in [5.74, 6) is 0.826. The number of hydrogen-bond acceptors (Lipinski definition) is 6. The second-order valence-corrected chi connectivity index (χ2v) is 8.63. The fraction of sp³-hybridized carbons (Fsp3) is 0.385. The Bertz CT molecular complexity index is 1140. The molecule has 0 radical (unpaired) electrons. The maximum Gasteiger partial charge on any atom is 0.307 e. The normalized spacial score (nSPS) is 16.4. The molecule has 0 saturated carbocycles. The molecule has 8 nitrogen and oxygen atoms in total. The summed E-state index contributed by atoms with van der Waals surface area (Å²) < 4.78 is 11.2. The minimum absolute atomic E-state index is 0.00149. The van der Waals surface area contributed by atoms with E-state index in [1.165, 1.54) is 0 Å². The summed E-state index contributed by atoms with van der Waals surface area (Å²) in [7, 11) is 0. The lowest BCUT2D eigenvalue weighted by Crippen LogP contribution is -2.32. The quantitative estimate of drug-likeness (QED) is 0.489. The van der Waals surface area contributed by atoms with E-state index in [1.807, 2.05) is 62.4 Å². The number of rotatable bonds is 9. The number of amides is 1. The predicted octanol–water partition coefficient (Wildman–Crippen LogP) is 4.73. The number of aromatic nitrogens is 2. The van der Waals surface area contributed by atoms with E-state index in [2.05, 4.69) is 10.1 Å². The highest BCUT2D eigenvalue weighted by molar-refractivity contribution is 5.79. The van der Waals surface area contributed by atoms with Crippen molar-refractivity contribution in [2.45, 2.75) is 52.0 Å². The van der Waals surface area contributed by atoms with Gasteiger partial charge in [-0.2, -0.15) is 4.98 Å². The third-order valence-corrected chi connectivity index (χ3v) is 6.22. The van der Waals surface area contributed by atoms with E-state index in [9.17, 15) is 14.7 Å². The lowest BCUT2D eigenvalue weighted by Gasteiger charge is -2.22. The van der Waals surface area contributed by atoms with Crippen LogP contribution in [0.15, 0.2) is 53.1 Å². The minimum Gasteiger partial charge on any atom is -0.481 e. The molecule has 34 heavy (non-hydrogen) atoms. The average Bonchev–Trinajstić information content (AvgIpc) is 3.49. The number of aryl methyl sites for hydroxylation is 1. The first-order valence-corrected chi connectivity index (χ1v) is 11.6. The largest absolute Gasteiger partial charge is 0.481 e. The maximum absolute atomic E-state index is 13.1. The number of likely N-dealkylation sites (tertiary alicyclic amines) is 1. The number of hydrogen-bond donors (Lipinski definition) is 1. The first-order valence-electron chi connectivity index (χ1n) is 11.6. The monoisotopic (exact) mass is 463 g/mol. The van der Waals surface area contributed by atoms with Crippen LogP contribution in [0.25, 0.3) is 0 Å². The van der Waals surface area contributed by atoms with Gasteiger partial charge in [-0.25, -0.2) is 0 Å². The Morgan fingerprint density at radius 1 is 1.21 bits per heavy atom. The van der Waals surface area contributed by atoms with Crippen LogP contribution in [0.2, 0.25) is 0 Å². The van der Waals surface area contributed by atoms with Crippen molar-refractivity contribution < 1.29 is 24.0 Å². The van der Waals surface area contributed by atoms with Gasteiger partial charge in [0.1, 0.15) is 11.5 Å². The summed E-state index contributed by atoms with van der Waals surface area (Å²) in [6, 6.07) is 15.1. The van der Waals surface area contributed by atoms with Crippen molar-refractivity contribution in [3.63, 3.8) is 0 Å². The number of aliphatic carboxylic acids is 1. The SMILES string of the molecule is CCC(Cc1nc(C2CCCN2C(=O)Cc2ccc(Oc3ccccc3C)cc2)no1)C(=O)O. The number of carboxylic acid groups (broad SMARTS) is 1. The van der Waals surface area contributed by atoms with Gasteiger partial charge in [0.15, 0.2) is 5.82 Å². The molecule has 1 aliphatic rings. The van der Waals surface area contributed by atoms with E-state index in [4.69, 9.17) is 9.26 Å². The van der Waals surface area contributed by atoms with Gasteiger partial charge in [0, 0.05) is 13.0 Å². The number of carbonyl (C=O) groups is 2. The van der Waals surface area contributed by atoms with E-state index in [0.717, 1.165) is 35.5 Å². The molecule has 2 heterocycles. The summed E-state index contributed by atoms with van der Waals surface area (Å²) in [5, 5.41) is 13.3. The van der Waals surface area contributed by atoms with Crippen molar-refractivity contribution >= 4 is 11.9 Å². The topological polar surface area (TPSA) is 106 Å². The van der Waals surface area contributed by atoms with Gasteiger partial charge in [0.25, 0.3) is 0 Å². The van der Waals surface area contributed by atoms with Crippen LogP contribution in [-0.2, 0) is 22.4 Å². The number of nitrogens with zero attached hydrogens (tertiary/aromatic N) is 3. The molecule has 0 aliphatic carbocycles. The zero-order valence-electron chi connectivity index (χ0n) is 19.4. The molecule has 2 atom stereocenters. The van der Waals surface area contributed by atoms with E-state index < -0.39 is 11.9 Å². The van der Waals surface area contributed by atoms with Crippen molar-refractivity contribution in [1.29, 1.82) is 0 Å². The summed E-state index contributed by atoms with van der Waals surface area (Å²) in [6.07, 6.45) is 2.55. The third kappa shape index (κ3) is 5.44. The Kier molecular flexibility index (Phi) is 7.25. The Balaban J connectivity index is 1.38. The molecule has 1 amide bonds. The van der Waals surface area contributed by atoms with Crippen LogP contribution in [-0.4, -0.2) is 38.6 Å². The second-order valence-electron chi connectivity index (χ2n) is 8.63. The molecule has 1 N–H and O–H groups in total. The Hall–Kier alpha value is -3.68. The van der Waals surface area contributed by atoms with Gasteiger partial charge in [-0.05, 0) is 55.5 Å². The predicted molar refractivity (Wildman–Crippen MR) is 125 cm³/mol. The number of carboxylic acids is 1. The molecule has 1 aliphatic heterocycles. The van der Waals surface area contributed by atoms with Crippen LogP contribution in [0.3, 0.4) is 0 Å². The fourth-order valence-electron chi connectivity index (χ4n) is 4.19. The van der Waals surface area contributed by atoms with Gasteiger partial charge in [0.2, 0.25) is 11.8 Å². The van der Waals surface area contributed by atoms with E-state index in [1.54, 1.807) is 4.90 Å². The lowest BCUT2D eigenvalue weighted by atomic mass is 10.0. The molecule has 8 heteroatoms. The highest BCUT2D eigenvalue weighted by Gasteiger charge is 2.33. The third-order valence-electron chi connectivity index (χ3n) is 6.22. The average molecular weight is 464 g/mol. The van der Waals surface area contributed by atoms with E-state index in [0.29, 0.717) is 24.7 Å². The first kappa shape index (κ1) is 23.5. The van der Waals surface area contributed by atoms with Crippen molar-refractivity contribution in [2.75, 3.05) is 6.54 Å². The van der Waals surface area contributed by atoms with Crippen LogP contribution < -0.4 is 4.74 Å². The lowest BCUT2D eigenvalue weighted by molar-refractivity contribution is -0.142. The number of carbonyl (C=O) groups excluding carboxylic acids is 1. The molecule has 1 aromatic heterocycles. The molecule has 178 valence electrons. The van der Waals surface area contributed by atoms with Gasteiger partial charge in [0.05, 0.1) is 18.4 Å². The maximum atomic E-state index is 13.1. The summed E-state index contributed by atoms with van der Waals surface area (Å²) in [5.41, 5.74) is 1.95. The van der Waals surface area contributed by atoms with Crippen molar-refractivity contribution in [2.24, 2.45) is 5.92 Å².